The Morgan fingerprint density at radius 2 is 1.84 bits per heavy atom. The number of aliphatic hydroxyl groups is 2. The third kappa shape index (κ3) is 2.92. The van der Waals surface area contributed by atoms with E-state index in [-0.39, 0.29) is 23.5 Å². The maximum Gasteiger partial charge on any atom is 0.0832 e. The fourth-order valence-electron chi connectivity index (χ4n) is 5.05. The summed E-state index contributed by atoms with van der Waals surface area (Å²) in [5.41, 5.74) is 2.28. The largest absolute Gasteiger partial charge is 0.396 e. The van der Waals surface area contributed by atoms with Gasteiger partial charge in [-0.05, 0) is 49.9 Å². The van der Waals surface area contributed by atoms with E-state index in [0.717, 1.165) is 45.3 Å². The number of benzene rings is 1. The third-order valence-corrected chi connectivity index (χ3v) is 6.80. The molecule has 2 saturated heterocycles. The zero-order valence-electron chi connectivity index (χ0n) is 14.8. The average Bonchev–Trinajstić information content (AvgIpc) is 2.90. The Labute approximate surface area is 149 Å². The minimum atomic E-state index is -0.414. The van der Waals surface area contributed by atoms with Crippen molar-refractivity contribution in [2.24, 2.45) is 5.41 Å². The van der Waals surface area contributed by atoms with Gasteiger partial charge in [0.25, 0.3) is 0 Å². The molecule has 3 aliphatic rings. The second-order valence-corrected chi connectivity index (χ2v) is 8.07. The van der Waals surface area contributed by atoms with Gasteiger partial charge in [-0.15, -0.1) is 0 Å². The van der Waals surface area contributed by atoms with Gasteiger partial charge in [-0.25, -0.2) is 0 Å². The van der Waals surface area contributed by atoms with Crippen molar-refractivity contribution in [3.63, 3.8) is 0 Å². The lowest BCUT2D eigenvalue weighted by Gasteiger charge is -2.40. The van der Waals surface area contributed by atoms with E-state index >= 15 is 0 Å². The van der Waals surface area contributed by atoms with E-state index in [4.69, 9.17) is 4.74 Å². The summed E-state index contributed by atoms with van der Waals surface area (Å²) in [6, 6.07) is 8.45. The molecule has 2 heterocycles. The van der Waals surface area contributed by atoms with Gasteiger partial charge in [0.1, 0.15) is 0 Å². The van der Waals surface area contributed by atoms with Crippen LogP contribution < -0.4 is 10.6 Å². The van der Waals surface area contributed by atoms with Gasteiger partial charge in [0.05, 0.1) is 18.8 Å². The van der Waals surface area contributed by atoms with Crippen molar-refractivity contribution < 1.29 is 14.9 Å². The molecule has 25 heavy (non-hydrogen) atoms. The number of aliphatic hydroxyl groups excluding tert-OH is 2. The predicted octanol–water partition coefficient (Wildman–Crippen LogP) is 1.10. The highest BCUT2D eigenvalue weighted by atomic mass is 16.5. The van der Waals surface area contributed by atoms with Crippen molar-refractivity contribution in [2.75, 3.05) is 39.5 Å². The first-order valence-corrected chi connectivity index (χ1v) is 9.61. The summed E-state index contributed by atoms with van der Waals surface area (Å²) >= 11 is 0. The molecule has 4 N–H and O–H groups in total. The van der Waals surface area contributed by atoms with Crippen LogP contribution in [0, 0.1) is 5.41 Å². The van der Waals surface area contributed by atoms with Gasteiger partial charge < -0.3 is 25.6 Å². The number of piperidine rings is 1. The number of rotatable bonds is 4. The predicted molar refractivity (Wildman–Crippen MR) is 96.5 cm³/mol. The summed E-state index contributed by atoms with van der Waals surface area (Å²) in [6.45, 7) is 4.22. The fourth-order valence-corrected chi connectivity index (χ4v) is 5.05. The Morgan fingerprint density at radius 3 is 2.56 bits per heavy atom. The van der Waals surface area contributed by atoms with Gasteiger partial charge in [0.15, 0.2) is 0 Å². The molecule has 1 spiro atoms. The molecule has 0 amide bonds. The maximum atomic E-state index is 11.3. The van der Waals surface area contributed by atoms with E-state index in [2.05, 4.69) is 34.9 Å². The summed E-state index contributed by atoms with van der Waals surface area (Å²) < 4.78 is 5.47. The standard InChI is InChI=1S/C20H30N2O3/c23-14-19(7-11-25-12-8-19)13-22-17-15-3-1-2-4-16(15)20(18(17)24)5-9-21-10-6-20/h1-4,17-18,21-24H,5-14H2/t17-,18+/m1/s1. The van der Waals surface area contributed by atoms with Gasteiger partial charge in [-0.3, -0.25) is 0 Å². The van der Waals surface area contributed by atoms with Crippen LogP contribution in [-0.2, 0) is 10.2 Å². The molecular weight excluding hydrogens is 316 g/mol. The normalized spacial score (nSPS) is 30.3. The Balaban J connectivity index is 1.57. The topological polar surface area (TPSA) is 73.8 Å². The van der Waals surface area contributed by atoms with Gasteiger partial charge in [0.2, 0.25) is 0 Å². The molecule has 0 radical (unpaired) electrons. The van der Waals surface area contributed by atoms with Crippen LogP contribution in [0.2, 0.25) is 0 Å². The van der Waals surface area contributed by atoms with Crippen molar-refractivity contribution in [3.8, 4) is 0 Å². The van der Waals surface area contributed by atoms with Crippen LogP contribution in [0.15, 0.2) is 24.3 Å². The lowest BCUT2D eigenvalue weighted by molar-refractivity contribution is -0.0221. The molecule has 1 aromatic rings. The summed E-state index contributed by atoms with van der Waals surface area (Å²) in [7, 11) is 0. The van der Waals surface area contributed by atoms with Crippen LogP contribution in [0.1, 0.15) is 42.9 Å². The van der Waals surface area contributed by atoms with Gasteiger partial charge in [-0.1, -0.05) is 24.3 Å². The van der Waals surface area contributed by atoms with Crippen molar-refractivity contribution in [2.45, 2.75) is 43.2 Å². The molecule has 0 aromatic heterocycles. The minimum absolute atomic E-state index is 0.0550. The van der Waals surface area contributed by atoms with Crippen molar-refractivity contribution in [1.82, 2.24) is 10.6 Å². The molecule has 0 saturated carbocycles. The van der Waals surface area contributed by atoms with Crippen molar-refractivity contribution in [1.29, 1.82) is 0 Å². The summed E-state index contributed by atoms with van der Waals surface area (Å²) in [5, 5.41) is 28.3. The molecule has 0 bridgehead atoms. The van der Waals surface area contributed by atoms with E-state index < -0.39 is 6.10 Å². The Bertz CT molecular complexity index is 594. The summed E-state index contributed by atoms with van der Waals surface area (Å²) in [6.07, 6.45) is 3.28. The second-order valence-electron chi connectivity index (χ2n) is 8.07. The molecule has 2 atom stereocenters. The first-order valence-electron chi connectivity index (χ1n) is 9.61. The van der Waals surface area contributed by atoms with Crippen LogP contribution >= 0.6 is 0 Å². The highest BCUT2D eigenvalue weighted by Gasteiger charge is 2.51. The zero-order chi connectivity index (χ0) is 17.3. The smallest absolute Gasteiger partial charge is 0.0832 e. The number of hydrogen-bond acceptors (Lipinski definition) is 5. The van der Waals surface area contributed by atoms with Crippen LogP contribution in [0.4, 0.5) is 0 Å². The fraction of sp³-hybridized carbons (Fsp3) is 0.700. The van der Waals surface area contributed by atoms with Gasteiger partial charge in [-0.2, -0.15) is 0 Å². The quantitative estimate of drug-likeness (QED) is 0.657. The van der Waals surface area contributed by atoms with E-state index in [1.165, 1.54) is 11.1 Å². The highest BCUT2D eigenvalue weighted by Crippen LogP contribution is 2.50. The number of fused-ring (bicyclic) bond motifs is 2. The van der Waals surface area contributed by atoms with E-state index in [0.29, 0.717) is 13.2 Å². The molecule has 4 rings (SSSR count). The highest BCUT2D eigenvalue weighted by molar-refractivity contribution is 5.45. The maximum absolute atomic E-state index is 11.3. The SMILES string of the molecule is OCC1(CN[C@@H]2c3ccccc3C3(CCNCC3)[C@H]2O)CCOCC1. The zero-order valence-corrected chi connectivity index (χ0v) is 14.8. The first kappa shape index (κ1) is 17.4. The third-order valence-electron chi connectivity index (χ3n) is 6.80. The minimum Gasteiger partial charge on any atom is -0.396 e. The molecule has 2 aliphatic heterocycles. The lowest BCUT2D eigenvalue weighted by atomic mass is 9.72. The van der Waals surface area contributed by atoms with Crippen LogP contribution in [0.25, 0.3) is 0 Å². The Kier molecular flexibility index (Phi) is 4.86. The van der Waals surface area contributed by atoms with E-state index in [1.807, 2.05) is 0 Å². The monoisotopic (exact) mass is 346 g/mol. The molecule has 138 valence electrons. The van der Waals surface area contributed by atoms with Crippen LogP contribution in [0.3, 0.4) is 0 Å². The molecule has 2 fully saturated rings. The molecule has 1 aromatic carbocycles. The Morgan fingerprint density at radius 1 is 1.12 bits per heavy atom. The number of nitrogens with one attached hydrogen (secondary N) is 2. The van der Waals surface area contributed by atoms with Gasteiger partial charge in [0, 0.05) is 30.6 Å². The number of hydrogen-bond donors (Lipinski definition) is 4. The van der Waals surface area contributed by atoms with Crippen LogP contribution in [-0.4, -0.2) is 55.8 Å². The summed E-state index contributed by atoms with van der Waals surface area (Å²) in [4.78, 5) is 0. The van der Waals surface area contributed by atoms with Crippen molar-refractivity contribution in [3.05, 3.63) is 35.4 Å². The Hall–Kier alpha value is -0.980. The molecule has 5 nitrogen and oxygen atoms in total. The average molecular weight is 346 g/mol. The molecule has 1 aliphatic carbocycles. The molecule has 5 heteroatoms. The summed E-state index contributed by atoms with van der Waals surface area (Å²) in [5.74, 6) is 0. The first-order chi connectivity index (χ1) is 12.2. The van der Waals surface area contributed by atoms with E-state index in [1.54, 1.807) is 0 Å². The van der Waals surface area contributed by atoms with E-state index in [9.17, 15) is 10.2 Å². The molecular formula is C20H30N2O3. The second kappa shape index (κ2) is 6.97. The van der Waals surface area contributed by atoms with Crippen LogP contribution in [0.5, 0.6) is 0 Å². The molecule has 0 unspecified atom stereocenters. The van der Waals surface area contributed by atoms with Gasteiger partial charge >= 0.3 is 0 Å². The van der Waals surface area contributed by atoms with Crippen molar-refractivity contribution >= 4 is 0 Å². The number of ether oxygens (including phenoxy) is 1. The lowest BCUT2D eigenvalue weighted by Crippen LogP contribution is -2.50.